The molecule has 0 atom stereocenters. The molecule has 0 unspecified atom stereocenters. The molecule has 92 valence electrons. The number of aromatic nitrogens is 1. The van der Waals surface area contributed by atoms with Crippen LogP contribution < -0.4 is 10.2 Å². The van der Waals surface area contributed by atoms with Gasteiger partial charge in [-0.15, -0.1) is 0 Å². The van der Waals surface area contributed by atoms with Crippen molar-refractivity contribution in [1.82, 2.24) is 10.3 Å². The van der Waals surface area contributed by atoms with Crippen molar-refractivity contribution in [2.24, 2.45) is 0 Å². The molecule has 1 aromatic heterocycles. The smallest absolute Gasteiger partial charge is 0.282 e. The van der Waals surface area contributed by atoms with Crippen LogP contribution in [0, 0.1) is 5.82 Å². The average molecular weight is 245 g/mol. The summed E-state index contributed by atoms with van der Waals surface area (Å²) in [6.07, 6.45) is 1.63. The van der Waals surface area contributed by atoms with Gasteiger partial charge in [0, 0.05) is 18.3 Å². The summed E-state index contributed by atoms with van der Waals surface area (Å²) in [5, 5.41) is 2.29. The molecule has 17 heavy (non-hydrogen) atoms. The summed E-state index contributed by atoms with van der Waals surface area (Å²) in [7, 11) is 0. The van der Waals surface area contributed by atoms with Gasteiger partial charge in [0.25, 0.3) is 5.92 Å². The number of rotatable bonds is 4. The van der Waals surface area contributed by atoms with Crippen LogP contribution in [0.1, 0.15) is 5.56 Å². The number of carbonyl (C=O) groups excluding carboxylic acids is 1. The normalized spacial score (nSPS) is 17.5. The van der Waals surface area contributed by atoms with Crippen molar-refractivity contribution >= 4 is 12.2 Å². The summed E-state index contributed by atoms with van der Waals surface area (Å²) in [6.45, 7) is -1.02. The Morgan fingerprint density at radius 2 is 2.24 bits per heavy atom. The van der Waals surface area contributed by atoms with Crippen LogP contribution in [0.25, 0.3) is 0 Å². The van der Waals surface area contributed by atoms with E-state index in [0.29, 0.717) is 6.41 Å². The Balaban J connectivity index is 2.21. The molecule has 4 nitrogen and oxygen atoms in total. The van der Waals surface area contributed by atoms with Crippen molar-refractivity contribution in [2.75, 3.05) is 18.0 Å². The molecule has 1 N–H and O–H groups in total. The van der Waals surface area contributed by atoms with E-state index in [9.17, 15) is 18.0 Å². The third-order valence-corrected chi connectivity index (χ3v) is 2.48. The van der Waals surface area contributed by atoms with E-state index in [1.54, 1.807) is 0 Å². The van der Waals surface area contributed by atoms with Crippen molar-refractivity contribution < 1.29 is 18.0 Å². The molecule has 0 spiro atoms. The molecule has 0 saturated carbocycles. The van der Waals surface area contributed by atoms with Gasteiger partial charge in [-0.05, 0) is 6.07 Å². The van der Waals surface area contributed by atoms with Gasteiger partial charge < -0.3 is 10.2 Å². The van der Waals surface area contributed by atoms with Gasteiger partial charge in [0.05, 0.1) is 13.1 Å². The Morgan fingerprint density at radius 3 is 2.82 bits per heavy atom. The van der Waals surface area contributed by atoms with E-state index in [4.69, 9.17) is 0 Å². The maximum Gasteiger partial charge on any atom is 0.282 e. The highest BCUT2D eigenvalue weighted by Gasteiger charge is 2.45. The number of hydrogen-bond acceptors (Lipinski definition) is 3. The second-order valence-corrected chi connectivity index (χ2v) is 3.81. The Bertz CT molecular complexity index is 431. The largest absolute Gasteiger partial charge is 0.354 e. The Labute approximate surface area is 95.4 Å². The minimum absolute atomic E-state index is 0.0689. The highest BCUT2D eigenvalue weighted by molar-refractivity contribution is 5.53. The molecule has 2 rings (SSSR count). The summed E-state index contributed by atoms with van der Waals surface area (Å²) < 4.78 is 38.9. The van der Waals surface area contributed by atoms with E-state index in [1.165, 1.54) is 11.1 Å². The van der Waals surface area contributed by atoms with Crippen molar-refractivity contribution in [3.8, 4) is 0 Å². The van der Waals surface area contributed by atoms with Crippen molar-refractivity contribution in [2.45, 2.75) is 12.5 Å². The quantitative estimate of drug-likeness (QED) is 0.802. The molecule has 1 aromatic rings. The topological polar surface area (TPSA) is 45.2 Å². The molecule has 1 fully saturated rings. The minimum atomic E-state index is -2.75. The number of amides is 1. The Hall–Kier alpha value is -1.79. The fourth-order valence-electron chi connectivity index (χ4n) is 1.70. The number of nitrogens with one attached hydrogen (secondary N) is 1. The minimum Gasteiger partial charge on any atom is -0.354 e. The standard InChI is InChI=1S/C10H10F3N3O/c11-8-1-2-15-9(7(8)3-14-6-17)16-4-10(12,13)5-16/h1-2,6H,3-5H2,(H,14,17). The maximum atomic E-state index is 13.5. The van der Waals surface area contributed by atoms with E-state index < -0.39 is 24.8 Å². The molecular formula is C10H10F3N3O. The zero-order valence-electron chi connectivity index (χ0n) is 8.79. The van der Waals surface area contributed by atoms with Crippen LogP contribution in [0.2, 0.25) is 0 Å². The van der Waals surface area contributed by atoms with E-state index in [-0.39, 0.29) is 17.9 Å². The first-order valence-corrected chi connectivity index (χ1v) is 4.97. The number of anilines is 1. The summed E-state index contributed by atoms with van der Waals surface area (Å²) in [5.74, 6) is -3.16. The molecule has 0 aliphatic carbocycles. The number of halogens is 3. The second kappa shape index (κ2) is 4.23. The number of alkyl halides is 2. The molecule has 0 radical (unpaired) electrons. The molecular weight excluding hydrogens is 235 g/mol. The first-order valence-electron chi connectivity index (χ1n) is 4.97. The highest BCUT2D eigenvalue weighted by Crippen LogP contribution is 2.32. The van der Waals surface area contributed by atoms with Crippen molar-refractivity contribution in [1.29, 1.82) is 0 Å². The number of carbonyl (C=O) groups is 1. The van der Waals surface area contributed by atoms with Crippen LogP contribution in [-0.4, -0.2) is 30.4 Å². The van der Waals surface area contributed by atoms with Crippen LogP contribution in [0.5, 0.6) is 0 Å². The predicted molar refractivity (Wildman–Crippen MR) is 54.3 cm³/mol. The van der Waals surface area contributed by atoms with Crippen molar-refractivity contribution in [3.05, 3.63) is 23.6 Å². The van der Waals surface area contributed by atoms with Crippen LogP contribution in [0.3, 0.4) is 0 Å². The van der Waals surface area contributed by atoms with Crippen LogP contribution in [-0.2, 0) is 11.3 Å². The molecule has 1 aliphatic rings. The Morgan fingerprint density at radius 1 is 1.53 bits per heavy atom. The van der Waals surface area contributed by atoms with Gasteiger partial charge in [-0.2, -0.15) is 0 Å². The fraction of sp³-hybridized carbons (Fsp3) is 0.400. The maximum absolute atomic E-state index is 13.5. The zero-order chi connectivity index (χ0) is 12.5. The monoisotopic (exact) mass is 245 g/mol. The number of hydrogen-bond donors (Lipinski definition) is 1. The zero-order valence-corrected chi connectivity index (χ0v) is 8.79. The third-order valence-electron chi connectivity index (χ3n) is 2.48. The molecule has 1 saturated heterocycles. The lowest BCUT2D eigenvalue weighted by Crippen LogP contribution is -2.57. The predicted octanol–water partition coefficient (Wildman–Crippen LogP) is 0.922. The van der Waals surface area contributed by atoms with Gasteiger partial charge in [0.15, 0.2) is 0 Å². The van der Waals surface area contributed by atoms with E-state index in [0.717, 1.165) is 6.07 Å². The lowest BCUT2D eigenvalue weighted by atomic mass is 10.1. The fourth-order valence-corrected chi connectivity index (χ4v) is 1.70. The lowest BCUT2D eigenvalue weighted by Gasteiger charge is -2.40. The summed E-state index contributed by atoms with van der Waals surface area (Å²) in [6, 6.07) is 1.13. The van der Waals surface area contributed by atoms with E-state index in [2.05, 4.69) is 10.3 Å². The van der Waals surface area contributed by atoms with E-state index >= 15 is 0 Å². The van der Waals surface area contributed by atoms with Crippen LogP contribution >= 0.6 is 0 Å². The Kier molecular flexibility index (Phi) is 2.91. The second-order valence-electron chi connectivity index (χ2n) is 3.81. The van der Waals surface area contributed by atoms with E-state index in [1.807, 2.05) is 0 Å². The van der Waals surface area contributed by atoms with Gasteiger partial charge in [-0.1, -0.05) is 0 Å². The lowest BCUT2D eigenvalue weighted by molar-refractivity contribution is -0.109. The van der Waals surface area contributed by atoms with Crippen molar-refractivity contribution in [3.63, 3.8) is 0 Å². The molecule has 7 heteroatoms. The molecule has 0 bridgehead atoms. The molecule has 1 amide bonds. The summed E-state index contributed by atoms with van der Waals surface area (Å²) in [4.78, 5) is 15.3. The molecule has 0 aromatic carbocycles. The SMILES string of the molecule is O=CNCc1c(F)ccnc1N1CC(F)(F)C1. The van der Waals surface area contributed by atoms with Gasteiger partial charge in [-0.25, -0.2) is 18.2 Å². The first kappa shape index (κ1) is 11.7. The molecule has 2 heterocycles. The summed E-state index contributed by atoms with van der Waals surface area (Å²) >= 11 is 0. The number of pyridine rings is 1. The van der Waals surface area contributed by atoms with Crippen LogP contribution in [0.4, 0.5) is 19.0 Å². The average Bonchev–Trinajstić information content (AvgIpc) is 2.24. The summed E-state index contributed by atoms with van der Waals surface area (Å²) in [5.41, 5.74) is 0.120. The third kappa shape index (κ3) is 2.32. The van der Waals surface area contributed by atoms with Gasteiger partial charge in [0.2, 0.25) is 6.41 Å². The number of nitrogens with zero attached hydrogens (tertiary/aromatic N) is 2. The first-order chi connectivity index (χ1) is 8.03. The van der Waals surface area contributed by atoms with Gasteiger partial charge in [0.1, 0.15) is 11.6 Å². The van der Waals surface area contributed by atoms with Gasteiger partial charge >= 0.3 is 0 Å². The highest BCUT2D eigenvalue weighted by atomic mass is 19.3. The van der Waals surface area contributed by atoms with Crippen LogP contribution in [0.15, 0.2) is 12.3 Å². The molecule has 1 aliphatic heterocycles. The van der Waals surface area contributed by atoms with Gasteiger partial charge in [-0.3, -0.25) is 4.79 Å².